The number of phenols is 1. The lowest BCUT2D eigenvalue weighted by Gasteiger charge is -2.28. The molecule has 0 aliphatic carbocycles. The molecule has 1 heterocycles. The number of halogens is 1. The predicted molar refractivity (Wildman–Crippen MR) is 127 cm³/mol. The van der Waals surface area contributed by atoms with Crippen molar-refractivity contribution < 1.29 is 15.0 Å². The molecule has 0 saturated carbocycles. The van der Waals surface area contributed by atoms with Gasteiger partial charge >= 0.3 is 0 Å². The van der Waals surface area contributed by atoms with Crippen LogP contribution in [-0.4, -0.2) is 41.8 Å². The summed E-state index contributed by atoms with van der Waals surface area (Å²) < 4.78 is 0. The summed E-state index contributed by atoms with van der Waals surface area (Å²) in [6.07, 6.45) is 5.05. The van der Waals surface area contributed by atoms with Gasteiger partial charge in [0.15, 0.2) is 0 Å². The van der Waals surface area contributed by atoms with E-state index in [2.05, 4.69) is 41.4 Å². The molecule has 0 bridgehead atoms. The van der Waals surface area contributed by atoms with Crippen molar-refractivity contribution in [1.29, 1.82) is 0 Å². The van der Waals surface area contributed by atoms with Gasteiger partial charge in [-0.25, -0.2) is 0 Å². The Labute approximate surface area is 190 Å². The van der Waals surface area contributed by atoms with Crippen molar-refractivity contribution in [2.24, 2.45) is 5.73 Å². The summed E-state index contributed by atoms with van der Waals surface area (Å²) in [5.74, 6) is -0.889. The number of hydrogen-bond donors (Lipinski definition) is 4. The molecule has 170 valence electrons. The van der Waals surface area contributed by atoms with E-state index in [4.69, 9.17) is 5.73 Å². The van der Waals surface area contributed by atoms with Gasteiger partial charge in [0.2, 0.25) is 0 Å². The maximum absolute atomic E-state index is 11.4. The third-order valence-electron chi connectivity index (χ3n) is 5.85. The largest absolute Gasteiger partial charge is 0.507 e. The zero-order valence-electron chi connectivity index (χ0n) is 18.1. The molecule has 2 aromatic carbocycles. The first kappa shape index (κ1) is 25.0. The number of nitrogens with zero attached hydrogens (tertiary/aromatic N) is 1. The van der Waals surface area contributed by atoms with E-state index in [-0.39, 0.29) is 29.8 Å². The van der Waals surface area contributed by atoms with E-state index in [0.717, 1.165) is 25.9 Å². The summed E-state index contributed by atoms with van der Waals surface area (Å²) in [5, 5.41) is 23.4. The Kier molecular flexibility index (Phi) is 9.62. The van der Waals surface area contributed by atoms with Crippen LogP contribution < -0.4 is 16.0 Å². The number of hydrogen-bond acceptors (Lipinski definition) is 5. The SMILES string of the molecule is CC(CCc1ccc(N2CCCCC2)cc1)NCC(O)c1ccc(O)c(C(N)=O)c1.Cl. The Balaban J connectivity index is 0.00000341. The van der Waals surface area contributed by atoms with E-state index in [1.165, 1.54) is 42.6 Å². The highest BCUT2D eigenvalue weighted by Crippen LogP contribution is 2.23. The zero-order valence-corrected chi connectivity index (χ0v) is 18.9. The molecule has 7 heteroatoms. The predicted octanol–water partition coefficient (Wildman–Crippen LogP) is 3.55. The minimum Gasteiger partial charge on any atom is -0.507 e. The fourth-order valence-electron chi connectivity index (χ4n) is 3.90. The highest BCUT2D eigenvalue weighted by atomic mass is 35.5. The molecule has 3 rings (SSSR count). The van der Waals surface area contributed by atoms with E-state index < -0.39 is 12.0 Å². The molecule has 6 nitrogen and oxygen atoms in total. The maximum atomic E-state index is 11.4. The van der Waals surface area contributed by atoms with Crippen molar-refractivity contribution >= 4 is 24.0 Å². The molecule has 2 aromatic rings. The normalized spacial score (nSPS) is 15.7. The number of anilines is 1. The van der Waals surface area contributed by atoms with E-state index in [9.17, 15) is 15.0 Å². The number of nitrogens with one attached hydrogen (secondary N) is 1. The van der Waals surface area contributed by atoms with Crippen LogP contribution in [0.3, 0.4) is 0 Å². The molecular weight excluding hydrogens is 414 g/mol. The van der Waals surface area contributed by atoms with Gasteiger partial charge in [-0.2, -0.15) is 0 Å². The molecule has 1 aliphatic rings. The molecular formula is C24H34ClN3O3. The number of aryl methyl sites for hydroxylation is 1. The van der Waals surface area contributed by atoms with E-state index in [1.54, 1.807) is 6.07 Å². The van der Waals surface area contributed by atoms with Crippen molar-refractivity contribution in [1.82, 2.24) is 5.32 Å². The van der Waals surface area contributed by atoms with Gasteiger partial charge in [0.25, 0.3) is 5.91 Å². The number of benzene rings is 2. The zero-order chi connectivity index (χ0) is 21.5. The third kappa shape index (κ3) is 7.13. The number of primary amides is 1. The molecule has 31 heavy (non-hydrogen) atoms. The number of nitrogens with two attached hydrogens (primary N) is 1. The highest BCUT2D eigenvalue weighted by molar-refractivity contribution is 5.95. The lowest BCUT2D eigenvalue weighted by molar-refractivity contribution is 0.0997. The molecule has 1 amide bonds. The van der Waals surface area contributed by atoms with Crippen LogP contribution in [-0.2, 0) is 6.42 Å². The minimum absolute atomic E-state index is 0. The first-order valence-electron chi connectivity index (χ1n) is 10.8. The second-order valence-electron chi connectivity index (χ2n) is 8.22. The number of aliphatic hydroxyl groups is 1. The summed E-state index contributed by atoms with van der Waals surface area (Å²) in [4.78, 5) is 13.8. The number of piperidine rings is 1. The fourth-order valence-corrected chi connectivity index (χ4v) is 3.90. The Morgan fingerprint density at radius 2 is 1.81 bits per heavy atom. The van der Waals surface area contributed by atoms with Crippen LogP contribution >= 0.6 is 12.4 Å². The number of aliphatic hydroxyl groups excluding tert-OH is 1. The number of amides is 1. The number of carbonyl (C=O) groups is 1. The second-order valence-corrected chi connectivity index (χ2v) is 8.22. The van der Waals surface area contributed by atoms with E-state index >= 15 is 0 Å². The average molecular weight is 448 g/mol. The first-order valence-corrected chi connectivity index (χ1v) is 10.8. The smallest absolute Gasteiger partial charge is 0.252 e. The van der Waals surface area contributed by atoms with E-state index in [0.29, 0.717) is 12.1 Å². The van der Waals surface area contributed by atoms with Crippen molar-refractivity contribution in [2.75, 3.05) is 24.5 Å². The average Bonchev–Trinajstić information content (AvgIpc) is 2.77. The van der Waals surface area contributed by atoms with Crippen molar-refractivity contribution in [3.05, 3.63) is 59.2 Å². The monoisotopic (exact) mass is 447 g/mol. The van der Waals surface area contributed by atoms with Gasteiger partial charge in [0.05, 0.1) is 11.7 Å². The van der Waals surface area contributed by atoms with Gasteiger partial charge in [-0.15, -0.1) is 12.4 Å². The summed E-state index contributed by atoms with van der Waals surface area (Å²) in [5.41, 5.74) is 8.46. The lowest BCUT2D eigenvalue weighted by Crippen LogP contribution is -2.31. The minimum atomic E-state index is -0.782. The summed E-state index contributed by atoms with van der Waals surface area (Å²) in [7, 11) is 0. The molecule has 1 fully saturated rings. The molecule has 0 radical (unpaired) electrons. The number of aromatic hydroxyl groups is 1. The Bertz CT molecular complexity index is 838. The first-order chi connectivity index (χ1) is 14.4. The Morgan fingerprint density at radius 1 is 1.13 bits per heavy atom. The van der Waals surface area contributed by atoms with Crippen LogP contribution in [0.5, 0.6) is 5.75 Å². The quantitative estimate of drug-likeness (QED) is 0.471. The van der Waals surface area contributed by atoms with Crippen molar-refractivity contribution in [3.63, 3.8) is 0 Å². The van der Waals surface area contributed by atoms with Crippen LogP contribution in [0, 0.1) is 0 Å². The van der Waals surface area contributed by atoms with Gasteiger partial charge in [0, 0.05) is 31.4 Å². The van der Waals surface area contributed by atoms with Crippen LogP contribution in [0.4, 0.5) is 5.69 Å². The van der Waals surface area contributed by atoms with Gasteiger partial charge in [0.1, 0.15) is 5.75 Å². The molecule has 1 aliphatic heterocycles. The third-order valence-corrected chi connectivity index (χ3v) is 5.85. The van der Waals surface area contributed by atoms with E-state index in [1.807, 2.05) is 0 Å². The molecule has 5 N–H and O–H groups in total. The molecule has 1 saturated heterocycles. The number of carbonyl (C=O) groups excluding carboxylic acids is 1. The standard InChI is InChI=1S/C24H33N3O3.ClH/c1-17(26-16-23(29)19-9-12-22(28)21(15-19)24(25)30)5-6-18-7-10-20(11-8-18)27-13-3-2-4-14-27;/h7-12,15,17,23,26,28-29H,2-6,13-14,16H2,1H3,(H2,25,30);1H. The molecule has 2 atom stereocenters. The summed E-state index contributed by atoms with van der Waals surface area (Å²) in [6.45, 7) is 4.77. The van der Waals surface area contributed by atoms with Crippen molar-refractivity contribution in [2.45, 2.75) is 51.2 Å². The van der Waals surface area contributed by atoms with Gasteiger partial charge in [-0.3, -0.25) is 4.79 Å². The molecule has 0 spiro atoms. The highest BCUT2D eigenvalue weighted by Gasteiger charge is 2.15. The topological polar surface area (TPSA) is 98.8 Å². The van der Waals surface area contributed by atoms with Gasteiger partial charge in [-0.05, 0) is 74.4 Å². The van der Waals surface area contributed by atoms with Crippen molar-refractivity contribution in [3.8, 4) is 5.75 Å². The van der Waals surface area contributed by atoms with Crippen LogP contribution in [0.25, 0.3) is 0 Å². The van der Waals surface area contributed by atoms with Gasteiger partial charge in [-0.1, -0.05) is 18.2 Å². The Hall–Kier alpha value is -2.28. The fraction of sp³-hybridized carbons (Fsp3) is 0.458. The van der Waals surface area contributed by atoms with Crippen LogP contribution in [0.1, 0.15) is 60.2 Å². The summed E-state index contributed by atoms with van der Waals surface area (Å²) in [6, 6.07) is 13.5. The Morgan fingerprint density at radius 3 is 2.45 bits per heavy atom. The lowest BCUT2D eigenvalue weighted by atomic mass is 10.0. The van der Waals surface area contributed by atoms with Crippen LogP contribution in [0.15, 0.2) is 42.5 Å². The molecule has 0 aromatic heterocycles. The number of rotatable bonds is 9. The second kappa shape index (κ2) is 11.9. The summed E-state index contributed by atoms with van der Waals surface area (Å²) >= 11 is 0. The van der Waals surface area contributed by atoms with Gasteiger partial charge < -0.3 is 26.2 Å². The maximum Gasteiger partial charge on any atom is 0.252 e. The molecule has 2 unspecified atom stereocenters. The van der Waals surface area contributed by atoms with Crippen LogP contribution in [0.2, 0.25) is 0 Å².